The number of hydrogen-bond donors (Lipinski definition) is 1. The monoisotopic (exact) mass is 425 g/mol. The van der Waals surface area contributed by atoms with Gasteiger partial charge in [0.15, 0.2) is 0 Å². The number of furan rings is 1. The van der Waals surface area contributed by atoms with Gasteiger partial charge in [-0.2, -0.15) is 4.52 Å². The zero-order chi connectivity index (χ0) is 20.7. The molecular formula is C21H23N5O3S. The van der Waals surface area contributed by atoms with Gasteiger partial charge in [0.25, 0.3) is 0 Å². The van der Waals surface area contributed by atoms with E-state index in [4.69, 9.17) is 9.15 Å². The van der Waals surface area contributed by atoms with Crippen molar-refractivity contribution in [3.63, 3.8) is 0 Å². The Morgan fingerprint density at radius 3 is 2.53 bits per heavy atom. The normalized spacial score (nSPS) is 16.3. The van der Waals surface area contributed by atoms with Gasteiger partial charge in [-0.1, -0.05) is 11.3 Å². The van der Waals surface area contributed by atoms with Gasteiger partial charge >= 0.3 is 0 Å². The van der Waals surface area contributed by atoms with E-state index in [0.29, 0.717) is 10.8 Å². The summed E-state index contributed by atoms with van der Waals surface area (Å²) in [6, 6.07) is 11.8. The second-order valence-corrected chi connectivity index (χ2v) is 8.29. The average molecular weight is 426 g/mol. The SMILES string of the molecule is COc1ccc(N2CCN([C@H](c3ccco3)c3sc4nc(C)nn4c3O)CC2)cc1. The lowest BCUT2D eigenvalue weighted by Gasteiger charge is -2.39. The van der Waals surface area contributed by atoms with Gasteiger partial charge in [0.1, 0.15) is 23.4 Å². The van der Waals surface area contributed by atoms with E-state index in [2.05, 4.69) is 32.0 Å². The highest BCUT2D eigenvalue weighted by atomic mass is 32.1. The first-order valence-electron chi connectivity index (χ1n) is 9.85. The molecule has 0 spiro atoms. The van der Waals surface area contributed by atoms with Crippen molar-refractivity contribution in [1.82, 2.24) is 19.5 Å². The molecule has 5 rings (SSSR count). The van der Waals surface area contributed by atoms with E-state index >= 15 is 0 Å². The zero-order valence-corrected chi connectivity index (χ0v) is 17.7. The van der Waals surface area contributed by atoms with Crippen LogP contribution in [0, 0.1) is 6.92 Å². The molecule has 30 heavy (non-hydrogen) atoms. The number of thiazole rings is 1. The first-order chi connectivity index (χ1) is 14.6. The third-order valence-corrected chi connectivity index (χ3v) is 6.56. The largest absolute Gasteiger partial charge is 0.497 e. The van der Waals surface area contributed by atoms with Crippen LogP contribution in [0.2, 0.25) is 0 Å². The molecule has 0 radical (unpaired) electrons. The molecule has 1 N–H and O–H groups in total. The smallest absolute Gasteiger partial charge is 0.230 e. The summed E-state index contributed by atoms with van der Waals surface area (Å²) >= 11 is 1.46. The van der Waals surface area contributed by atoms with Gasteiger partial charge in [-0.3, -0.25) is 4.90 Å². The number of nitrogens with zero attached hydrogens (tertiary/aromatic N) is 5. The highest BCUT2D eigenvalue weighted by Gasteiger charge is 2.33. The van der Waals surface area contributed by atoms with E-state index in [1.54, 1.807) is 13.4 Å². The van der Waals surface area contributed by atoms with Crippen LogP contribution in [0.3, 0.4) is 0 Å². The van der Waals surface area contributed by atoms with Crippen LogP contribution in [0.5, 0.6) is 11.6 Å². The number of aromatic hydroxyl groups is 1. The number of aryl methyl sites for hydroxylation is 1. The summed E-state index contributed by atoms with van der Waals surface area (Å²) in [6.07, 6.45) is 1.67. The summed E-state index contributed by atoms with van der Waals surface area (Å²) in [5.74, 6) is 2.45. The number of aromatic nitrogens is 3. The van der Waals surface area contributed by atoms with E-state index in [0.717, 1.165) is 42.6 Å². The van der Waals surface area contributed by atoms with Gasteiger partial charge in [0, 0.05) is 31.9 Å². The lowest BCUT2D eigenvalue weighted by Crippen LogP contribution is -2.47. The number of rotatable bonds is 5. The Hall–Kier alpha value is -3.04. The number of methoxy groups -OCH3 is 1. The molecule has 1 aliphatic rings. The van der Waals surface area contributed by atoms with Crippen LogP contribution in [0.1, 0.15) is 22.5 Å². The lowest BCUT2D eigenvalue weighted by molar-refractivity contribution is 0.191. The second-order valence-electron chi connectivity index (χ2n) is 7.28. The first kappa shape index (κ1) is 19.0. The van der Waals surface area contributed by atoms with Crippen molar-refractivity contribution in [1.29, 1.82) is 0 Å². The molecule has 156 valence electrons. The molecule has 0 unspecified atom stereocenters. The second kappa shape index (κ2) is 7.66. The van der Waals surface area contributed by atoms with Crippen molar-refractivity contribution in [2.75, 3.05) is 38.2 Å². The minimum Gasteiger partial charge on any atom is -0.497 e. The topological polar surface area (TPSA) is 79.3 Å². The van der Waals surface area contributed by atoms with Gasteiger partial charge in [-0.05, 0) is 43.3 Å². The van der Waals surface area contributed by atoms with Crippen LogP contribution in [-0.2, 0) is 0 Å². The summed E-state index contributed by atoms with van der Waals surface area (Å²) in [5, 5.41) is 15.2. The number of ether oxygens (including phenoxy) is 1. The Morgan fingerprint density at radius 2 is 1.90 bits per heavy atom. The van der Waals surface area contributed by atoms with Gasteiger partial charge in [0.05, 0.1) is 18.3 Å². The molecule has 0 aliphatic carbocycles. The number of hydrogen-bond acceptors (Lipinski definition) is 8. The molecule has 0 amide bonds. The summed E-state index contributed by atoms with van der Waals surface area (Å²) in [4.78, 5) is 10.6. The maximum atomic E-state index is 10.9. The van der Waals surface area contributed by atoms with Crippen LogP contribution in [0.25, 0.3) is 4.96 Å². The molecule has 4 heterocycles. The van der Waals surface area contributed by atoms with Crippen molar-refractivity contribution in [3.05, 3.63) is 59.1 Å². The summed E-state index contributed by atoms with van der Waals surface area (Å²) in [5.41, 5.74) is 1.18. The Balaban J connectivity index is 1.40. The Morgan fingerprint density at radius 1 is 1.13 bits per heavy atom. The molecular weight excluding hydrogens is 402 g/mol. The van der Waals surface area contributed by atoms with Crippen LogP contribution in [0.15, 0.2) is 47.1 Å². The highest BCUT2D eigenvalue weighted by molar-refractivity contribution is 7.17. The van der Waals surface area contributed by atoms with E-state index < -0.39 is 0 Å². The van der Waals surface area contributed by atoms with E-state index in [-0.39, 0.29) is 11.9 Å². The van der Waals surface area contributed by atoms with Crippen molar-refractivity contribution in [2.24, 2.45) is 0 Å². The molecule has 9 heteroatoms. The molecule has 1 aromatic carbocycles. The van der Waals surface area contributed by atoms with Crippen molar-refractivity contribution in [3.8, 4) is 11.6 Å². The van der Waals surface area contributed by atoms with Crippen LogP contribution < -0.4 is 9.64 Å². The quantitative estimate of drug-likeness (QED) is 0.525. The number of benzene rings is 1. The van der Waals surface area contributed by atoms with Crippen LogP contribution in [-0.4, -0.2) is 57.9 Å². The first-order valence-corrected chi connectivity index (χ1v) is 10.7. The fourth-order valence-electron chi connectivity index (χ4n) is 3.98. The Kier molecular flexibility index (Phi) is 4.84. The van der Waals surface area contributed by atoms with E-state index in [1.807, 2.05) is 31.2 Å². The third-order valence-electron chi connectivity index (χ3n) is 5.48. The Labute approximate surface area is 177 Å². The minimum absolute atomic E-state index is 0.134. The van der Waals surface area contributed by atoms with Crippen LogP contribution >= 0.6 is 11.3 Å². The Bertz CT molecular complexity index is 1130. The lowest BCUT2D eigenvalue weighted by atomic mass is 10.1. The maximum Gasteiger partial charge on any atom is 0.230 e. The fourth-order valence-corrected chi connectivity index (χ4v) is 5.12. The molecule has 1 fully saturated rings. The molecule has 4 aromatic rings. The van der Waals surface area contributed by atoms with Gasteiger partial charge in [-0.15, -0.1) is 5.10 Å². The molecule has 0 saturated carbocycles. The molecule has 0 bridgehead atoms. The van der Waals surface area contributed by atoms with Crippen molar-refractivity contribution < 1.29 is 14.3 Å². The maximum absolute atomic E-state index is 10.9. The number of piperazine rings is 1. The van der Waals surface area contributed by atoms with Gasteiger partial charge in [-0.25, -0.2) is 4.98 Å². The molecule has 8 nitrogen and oxygen atoms in total. The number of fused-ring (bicyclic) bond motifs is 1. The highest BCUT2D eigenvalue weighted by Crippen LogP contribution is 2.40. The van der Waals surface area contributed by atoms with E-state index in [1.165, 1.54) is 21.5 Å². The predicted molar refractivity (Wildman–Crippen MR) is 115 cm³/mol. The third kappa shape index (κ3) is 3.29. The molecule has 1 atom stereocenters. The van der Waals surface area contributed by atoms with E-state index in [9.17, 15) is 5.11 Å². The van der Waals surface area contributed by atoms with Crippen molar-refractivity contribution >= 4 is 22.0 Å². The minimum atomic E-state index is -0.174. The summed E-state index contributed by atoms with van der Waals surface area (Å²) in [6.45, 7) is 5.25. The van der Waals surface area contributed by atoms with Gasteiger partial charge in [0.2, 0.25) is 10.8 Å². The number of anilines is 1. The van der Waals surface area contributed by atoms with Crippen LogP contribution in [0.4, 0.5) is 5.69 Å². The standard InChI is InChI=1S/C21H23N5O3S/c1-14-22-21-26(23-14)20(27)19(30-21)18(17-4-3-13-29-17)25-11-9-24(10-12-25)15-5-7-16(28-2)8-6-15/h3-8,13,18,27H,9-12H2,1-2H3/t18-/m1/s1. The summed E-state index contributed by atoms with van der Waals surface area (Å²) < 4.78 is 12.5. The molecule has 1 aliphatic heterocycles. The molecule has 3 aromatic heterocycles. The predicted octanol–water partition coefficient (Wildman–Crippen LogP) is 3.32. The average Bonchev–Trinajstić information content (AvgIpc) is 3.49. The van der Waals surface area contributed by atoms with Crippen molar-refractivity contribution in [2.45, 2.75) is 13.0 Å². The summed E-state index contributed by atoms with van der Waals surface area (Å²) in [7, 11) is 1.68. The fraction of sp³-hybridized carbons (Fsp3) is 0.333. The van der Waals surface area contributed by atoms with Gasteiger partial charge < -0.3 is 19.2 Å². The molecule has 1 saturated heterocycles. The zero-order valence-electron chi connectivity index (χ0n) is 16.9.